The molecule has 33 heavy (non-hydrogen) atoms. The van der Waals surface area contributed by atoms with Gasteiger partial charge in [-0.05, 0) is 48.5 Å². The number of nitrogens with zero attached hydrogens (tertiary/aromatic N) is 2. The van der Waals surface area contributed by atoms with Gasteiger partial charge in [0.15, 0.2) is 0 Å². The van der Waals surface area contributed by atoms with Gasteiger partial charge in [-0.3, -0.25) is 9.59 Å². The van der Waals surface area contributed by atoms with Gasteiger partial charge in [-0.1, -0.05) is 23.9 Å². The normalized spacial score (nSPS) is 12.3. The van der Waals surface area contributed by atoms with E-state index in [4.69, 9.17) is 14.7 Å². The topological polar surface area (TPSA) is 91.7 Å². The van der Waals surface area contributed by atoms with Gasteiger partial charge in [-0.25, -0.2) is 0 Å². The largest absolute Gasteiger partial charge is 0.495 e. The Hall–Kier alpha value is -3.80. The van der Waals surface area contributed by atoms with Crippen molar-refractivity contribution in [2.24, 2.45) is 0 Å². The van der Waals surface area contributed by atoms with Crippen LogP contribution >= 0.6 is 11.8 Å². The van der Waals surface area contributed by atoms with Crippen LogP contribution in [0.5, 0.6) is 5.75 Å². The van der Waals surface area contributed by atoms with Gasteiger partial charge in [0, 0.05) is 34.7 Å². The predicted molar refractivity (Wildman–Crippen MR) is 126 cm³/mol. The highest BCUT2D eigenvalue weighted by molar-refractivity contribution is 7.99. The van der Waals surface area contributed by atoms with E-state index in [9.17, 15) is 9.59 Å². The van der Waals surface area contributed by atoms with Crippen LogP contribution in [0.3, 0.4) is 0 Å². The molecule has 4 rings (SSSR count). The first-order chi connectivity index (χ1) is 16.0. The van der Waals surface area contributed by atoms with Crippen molar-refractivity contribution in [3.05, 3.63) is 77.4 Å². The van der Waals surface area contributed by atoms with E-state index >= 15 is 0 Å². The van der Waals surface area contributed by atoms with Gasteiger partial charge < -0.3 is 19.7 Å². The lowest BCUT2D eigenvalue weighted by Crippen LogP contribution is -2.33. The number of nitriles is 1. The quantitative estimate of drug-likeness (QED) is 0.580. The third-order valence-electron chi connectivity index (χ3n) is 5.19. The van der Waals surface area contributed by atoms with Crippen molar-refractivity contribution < 1.29 is 19.1 Å². The van der Waals surface area contributed by atoms with Gasteiger partial charge >= 0.3 is 0 Å². The van der Waals surface area contributed by atoms with Gasteiger partial charge in [0.2, 0.25) is 0 Å². The molecule has 2 amide bonds. The van der Waals surface area contributed by atoms with E-state index in [0.717, 1.165) is 15.5 Å². The van der Waals surface area contributed by atoms with Crippen LogP contribution in [0, 0.1) is 11.3 Å². The number of hydrogen-bond donors (Lipinski definition) is 1. The molecule has 1 aliphatic heterocycles. The molecule has 166 valence electrons. The zero-order valence-corrected chi connectivity index (χ0v) is 18.9. The number of nitrogens with one attached hydrogen (secondary N) is 1. The highest BCUT2D eigenvalue weighted by Crippen LogP contribution is 2.42. The summed E-state index contributed by atoms with van der Waals surface area (Å²) in [7, 11) is 3.05. The number of carbonyl (C=O) groups excluding carboxylic acids is 2. The van der Waals surface area contributed by atoms with E-state index in [0.29, 0.717) is 41.3 Å². The Kier molecular flexibility index (Phi) is 6.63. The fourth-order valence-electron chi connectivity index (χ4n) is 3.53. The number of methoxy groups -OCH3 is 2. The summed E-state index contributed by atoms with van der Waals surface area (Å²) in [5, 5.41) is 12.0. The summed E-state index contributed by atoms with van der Waals surface area (Å²) < 4.78 is 10.4. The third-order valence-corrected chi connectivity index (χ3v) is 6.32. The minimum absolute atomic E-state index is 0.0876. The summed E-state index contributed by atoms with van der Waals surface area (Å²) in [6.45, 7) is 0.811. The second-order valence-corrected chi connectivity index (χ2v) is 8.30. The zero-order valence-electron chi connectivity index (χ0n) is 18.1. The van der Waals surface area contributed by atoms with E-state index in [1.165, 1.54) is 24.9 Å². The van der Waals surface area contributed by atoms with Crippen LogP contribution in [0.2, 0.25) is 0 Å². The number of amides is 2. The molecule has 0 unspecified atom stereocenters. The zero-order chi connectivity index (χ0) is 23.4. The SMILES string of the molecule is COCCN1C(=O)c2ccccc2Sc2cc(NC(=O)c3ccc(C#N)c(OC)c3)ccc21. The molecule has 8 heteroatoms. The molecular weight excluding hydrogens is 438 g/mol. The maximum absolute atomic E-state index is 13.2. The van der Waals surface area contributed by atoms with Crippen molar-refractivity contribution in [2.45, 2.75) is 9.79 Å². The van der Waals surface area contributed by atoms with Crippen LogP contribution in [0.25, 0.3) is 0 Å². The Morgan fingerprint density at radius 1 is 1.09 bits per heavy atom. The summed E-state index contributed by atoms with van der Waals surface area (Å²) >= 11 is 1.48. The number of ether oxygens (including phenoxy) is 2. The molecule has 0 atom stereocenters. The van der Waals surface area contributed by atoms with Crippen molar-refractivity contribution in [3.63, 3.8) is 0 Å². The number of anilines is 2. The molecule has 0 bridgehead atoms. The number of fused-ring (bicyclic) bond motifs is 2. The highest BCUT2D eigenvalue weighted by atomic mass is 32.2. The van der Waals surface area contributed by atoms with Crippen LogP contribution in [0.1, 0.15) is 26.3 Å². The molecule has 1 heterocycles. The van der Waals surface area contributed by atoms with Crippen molar-refractivity contribution in [1.82, 2.24) is 0 Å². The van der Waals surface area contributed by atoms with Crippen LogP contribution in [0.15, 0.2) is 70.5 Å². The molecule has 0 saturated heterocycles. The Balaban J connectivity index is 1.66. The monoisotopic (exact) mass is 459 g/mol. The van der Waals surface area contributed by atoms with E-state index < -0.39 is 0 Å². The summed E-state index contributed by atoms with van der Waals surface area (Å²) in [5.74, 6) is -0.0778. The first kappa shape index (κ1) is 22.4. The Morgan fingerprint density at radius 2 is 1.91 bits per heavy atom. The second-order valence-electron chi connectivity index (χ2n) is 7.21. The fraction of sp³-hybridized carbons (Fsp3) is 0.160. The van der Waals surface area contributed by atoms with Gasteiger partial charge in [0.05, 0.1) is 30.5 Å². The van der Waals surface area contributed by atoms with Gasteiger partial charge in [0.1, 0.15) is 11.8 Å². The summed E-state index contributed by atoms with van der Waals surface area (Å²) in [4.78, 5) is 29.5. The standard InChI is InChI=1S/C25H21N3O4S/c1-31-12-11-28-20-10-9-18(14-23(20)33-22-6-4-3-5-19(22)25(28)30)27-24(29)16-7-8-17(15-26)21(13-16)32-2/h3-10,13-14H,11-12H2,1-2H3,(H,27,29). The molecule has 3 aromatic rings. The Labute approximate surface area is 195 Å². The Morgan fingerprint density at radius 3 is 2.67 bits per heavy atom. The van der Waals surface area contributed by atoms with Crippen LogP contribution in [-0.4, -0.2) is 39.2 Å². The summed E-state index contributed by atoms with van der Waals surface area (Å²) in [5.41, 5.74) is 2.71. The van der Waals surface area contributed by atoms with Crippen molar-refractivity contribution in [2.75, 3.05) is 37.6 Å². The molecule has 0 aromatic heterocycles. The number of carbonyl (C=O) groups is 2. The minimum atomic E-state index is -0.330. The van der Waals surface area contributed by atoms with Gasteiger partial charge in [-0.2, -0.15) is 5.26 Å². The van der Waals surface area contributed by atoms with Gasteiger partial charge in [-0.15, -0.1) is 0 Å². The lowest BCUT2D eigenvalue weighted by Gasteiger charge is -2.23. The van der Waals surface area contributed by atoms with Crippen molar-refractivity contribution in [1.29, 1.82) is 5.26 Å². The molecule has 0 radical (unpaired) electrons. The highest BCUT2D eigenvalue weighted by Gasteiger charge is 2.27. The van der Waals surface area contributed by atoms with E-state index in [-0.39, 0.29) is 11.8 Å². The maximum atomic E-state index is 13.2. The van der Waals surface area contributed by atoms with E-state index in [2.05, 4.69) is 5.32 Å². The average molecular weight is 460 g/mol. The Bertz CT molecular complexity index is 1270. The molecule has 3 aromatic carbocycles. The number of benzene rings is 3. The average Bonchev–Trinajstić information content (AvgIpc) is 2.95. The van der Waals surface area contributed by atoms with Crippen LogP contribution in [-0.2, 0) is 4.74 Å². The first-order valence-electron chi connectivity index (χ1n) is 10.2. The van der Waals surface area contributed by atoms with Gasteiger partial charge in [0.25, 0.3) is 11.8 Å². The first-order valence-corrected chi connectivity index (χ1v) is 11.0. The molecule has 0 fully saturated rings. The van der Waals surface area contributed by atoms with E-state index in [1.54, 1.807) is 30.2 Å². The van der Waals surface area contributed by atoms with Crippen molar-refractivity contribution >= 4 is 35.0 Å². The molecule has 1 aliphatic rings. The summed E-state index contributed by atoms with van der Waals surface area (Å²) in [6.07, 6.45) is 0. The molecule has 0 saturated carbocycles. The van der Waals surface area contributed by atoms with E-state index in [1.807, 2.05) is 42.5 Å². The smallest absolute Gasteiger partial charge is 0.259 e. The molecule has 0 aliphatic carbocycles. The third kappa shape index (κ3) is 4.55. The molecule has 1 N–H and O–H groups in total. The minimum Gasteiger partial charge on any atom is -0.495 e. The van der Waals surface area contributed by atoms with Crippen molar-refractivity contribution in [3.8, 4) is 11.8 Å². The van der Waals surface area contributed by atoms with Crippen LogP contribution in [0.4, 0.5) is 11.4 Å². The lowest BCUT2D eigenvalue weighted by molar-refractivity contribution is 0.0972. The number of rotatable bonds is 6. The molecule has 0 spiro atoms. The lowest BCUT2D eigenvalue weighted by atomic mass is 10.1. The summed E-state index contributed by atoms with van der Waals surface area (Å²) in [6, 6.07) is 19.6. The predicted octanol–water partition coefficient (Wildman–Crippen LogP) is 4.58. The fourth-order valence-corrected chi connectivity index (χ4v) is 4.65. The second kappa shape index (κ2) is 9.77. The van der Waals surface area contributed by atoms with Crippen LogP contribution < -0.4 is 15.0 Å². The number of hydrogen-bond acceptors (Lipinski definition) is 6. The maximum Gasteiger partial charge on any atom is 0.259 e. The molecular formula is C25H21N3O4S. The molecule has 7 nitrogen and oxygen atoms in total.